The molecule has 2 aromatic heterocycles. The number of aromatic amines is 1. The number of H-pyrrole nitrogens is 1. The summed E-state index contributed by atoms with van der Waals surface area (Å²) in [5.74, 6) is 1.84. The molecule has 0 fully saturated rings. The number of thioether (sulfide) groups is 1. The van der Waals surface area contributed by atoms with Crippen LogP contribution in [0.1, 0.15) is 17.5 Å². The molecule has 0 aliphatic carbocycles. The minimum absolute atomic E-state index is 0.0349. The summed E-state index contributed by atoms with van der Waals surface area (Å²) in [6, 6.07) is 20.6. The Labute approximate surface area is 174 Å². The van der Waals surface area contributed by atoms with Gasteiger partial charge < -0.3 is 9.55 Å². The highest BCUT2D eigenvalue weighted by Gasteiger charge is 2.18. The quantitative estimate of drug-likeness (QED) is 0.309. The zero-order chi connectivity index (χ0) is 19.3. The molecule has 6 heteroatoms. The van der Waals surface area contributed by atoms with Gasteiger partial charge in [0.15, 0.2) is 5.16 Å². The second-order valence-electron chi connectivity index (χ2n) is 6.55. The Morgan fingerprint density at radius 2 is 1.71 bits per heavy atom. The fraction of sp³-hybridized carbons (Fsp3) is 0.182. The molecular weight excluding hydrogens is 384 g/mol. The van der Waals surface area contributed by atoms with Crippen molar-refractivity contribution in [2.24, 2.45) is 7.05 Å². The van der Waals surface area contributed by atoms with Gasteiger partial charge in [-0.1, -0.05) is 72.4 Å². The van der Waals surface area contributed by atoms with Gasteiger partial charge in [-0.05, 0) is 6.42 Å². The molecule has 0 radical (unpaired) electrons. The third-order valence-electron chi connectivity index (χ3n) is 4.55. The summed E-state index contributed by atoms with van der Waals surface area (Å²) in [5.41, 5.74) is 4.24. The lowest BCUT2D eigenvalue weighted by molar-refractivity contribution is 0.785. The highest BCUT2D eigenvalue weighted by Crippen LogP contribution is 2.34. The predicted molar refractivity (Wildman–Crippen MR) is 120 cm³/mol. The third-order valence-corrected chi connectivity index (χ3v) is 6.14. The van der Waals surface area contributed by atoms with Crippen LogP contribution in [-0.4, -0.2) is 25.3 Å². The summed E-state index contributed by atoms with van der Waals surface area (Å²) in [4.78, 5) is 12.8. The normalized spacial score (nSPS) is 12.2. The maximum Gasteiger partial charge on any atom is 0.167 e. The van der Waals surface area contributed by atoms with Crippen LogP contribution in [0.4, 0.5) is 0 Å². The molecule has 1 N–H and O–H groups in total. The topological polar surface area (TPSA) is 46.5 Å². The van der Waals surface area contributed by atoms with E-state index in [1.807, 2.05) is 60.4 Å². The van der Waals surface area contributed by atoms with Gasteiger partial charge >= 0.3 is 0 Å². The van der Waals surface area contributed by atoms with Crippen molar-refractivity contribution in [2.45, 2.75) is 16.8 Å². The number of nitrogens with zero attached hydrogens (tertiary/aromatic N) is 3. The maximum absolute atomic E-state index is 4.93. The number of thiol groups is 1. The average Bonchev–Trinajstić information content (AvgIpc) is 3.36. The monoisotopic (exact) mass is 406 g/mol. The summed E-state index contributed by atoms with van der Waals surface area (Å²) in [5, 5.41) is 1.06. The molecule has 0 aliphatic heterocycles. The smallest absolute Gasteiger partial charge is 0.167 e. The van der Waals surface area contributed by atoms with E-state index in [4.69, 9.17) is 17.6 Å². The summed E-state index contributed by atoms with van der Waals surface area (Å²) in [6.07, 6.45) is 4.69. The lowest BCUT2D eigenvalue weighted by Crippen LogP contribution is -1.97. The highest BCUT2D eigenvalue weighted by atomic mass is 32.2. The van der Waals surface area contributed by atoms with Crippen LogP contribution in [0.3, 0.4) is 0 Å². The first-order valence-electron chi connectivity index (χ1n) is 9.21. The first kappa shape index (κ1) is 18.9. The number of rotatable bonds is 7. The van der Waals surface area contributed by atoms with Crippen LogP contribution < -0.4 is 0 Å². The van der Waals surface area contributed by atoms with Crippen molar-refractivity contribution in [1.82, 2.24) is 19.5 Å². The van der Waals surface area contributed by atoms with Crippen LogP contribution in [0.5, 0.6) is 0 Å². The molecule has 4 nitrogen and oxygen atoms in total. The number of aryl methyl sites for hydroxylation is 1. The van der Waals surface area contributed by atoms with E-state index in [1.54, 1.807) is 11.8 Å². The fourth-order valence-electron chi connectivity index (χ4n) is 3.06. The fourth-order valence-corrected chi connectivity index (χ4v) is 4.42. The molecule has 1 atom stereocenters. The number of nitrogens with one attached hydrogen (secondary N) is 1. The minimum Gasteiger partial charge on any atom is -0.341 e. The van der Waals surface area contributed by atoms with Gasteiger partial charge in [0.1, 0.15) is 5.82 Å². The SMILES string of the molecule is Cn1ccnc1SCCC(S)c1nc(-c2ccccc2)c(-c2ccccc2)[nH]1. The van der Waals surface area contributed by atoms with Crippen LogP contribution in [0.25, 0.3) is 22.5 Å². The second-order valence-corrected chi connectivity index (χ2v) is 8.24. The lowest BCUT2D eigenvalue weighted by Gasteiger charge is -2.07. The zero-order valence-corrected chi connectivity index (χ0v) is 17.3. The molecule has 0 saturated carbocycles. The number of hydrogen-bond donors (Lipinski definition) is 2. The van der Waals surface area contributed by atoms with Crippen LogP contribution in [0, 0.1) is 0 Å². The Hall–Kier alpha value is -2.44. The first-order valence-corrected chi connectivity index (χ1v) is 10.7. The van der Waals surface area contributed by atoms with Gasteiger partial charge in [-0.2, -0.15) is 12.6 Å². The molecular formula is C22H22N4S2. The molecule has 28 heavy (non-hydrogen) atoms. The largest absolute Gasteiger partial charge is 0.341 e. The minimum atomic E-state index is 0.0349. The number of hydrogen-bond acceptors (Lipinski definition) is 4. The Balaban J connectivity index is 1.57. The van der Waals surface area contributed by atoms with E-state index in [2.05, 4.69) is 34.2 Å². The van der Waals surface area contributed by atoms with Crippen molar-refractivity contribution < 1.29 is 0 Å². The lowest BCUT2D eigenvalue weighted by atomic mass is 10.1. The molecule has 0 aliphatic rings. The highest BCUT2D eigenvalue weighted by molar-refractivity contribution is 7.99. The summed E-state index contributed by atoms with van der Waals surface area (Å²) < 4.78 is 2.03. The van der Waals surface area contributed by atoms with Crippen molar-refractivity contribution >= 4 is 24.4 Å². The molecule has 0 spiro atoms. The van der Waals surface area contributed by atoms with E-state index in [9.17, 15) is 0 Å². The van der Waals surface area contributed by atoms with E-state index >= 15 is 0 Å². The Bertz CT molecular complexity index is 968. The van der Waals surface area contributed by atoms with Crippen molar-refractivity contribution in [3.63, 3.8) is 0 Å². The van der Waals surface area contributed by atoms with Gasteiger partial charge in [0.05, 0.1) is 16.6 Å². The van der Waals surface area contributed by atoms with Crippen LogP contribution in [0.2, 0.25) is 0 Å². The van der Waals surface area contributed by atoms with Crippen molar-refractivity contribution in [2.75, 3.05) is 5.75 Å². The summed E-state index contributed by atoms with van der Waals surface area (Å²) >= 11 is 6.57. The Kier molecular flexibility index (Phi) is 5.88. The maximum atomic E-state index is 4.93. The van der Waals surface area contributed by atoms with E-state index in [-0.39, 0.29) is 5.25 Å². The van der Waals surface area contributed by atoms with Crippen molar-refractivity contribution in [3.05, 3.63) is 78.9 Å². The van der Waals surface area contributed by atoms with Crippen molar-refractivity contribution in [3.8, 4) is 22.5 Å². The van der Waals surface area contributed by atoms with Crippen LogP contribution >= 0.6 is 24.4 Å². The van der Waals surface area contributed by atoms with Crippen LogP contribution in [-0.2, 0) is 7.05 Å². The van der Waals surface area contributed by atoms with Gasteiger partial charge in [-0.15, -0.1) is 0 Å². The van der Waals surface area contributed by atoms with E-state index < -0.39 is 0 Å². The van der Waals surface area contributed by atoms with Gasteiger partial charge in [-0.25, -0.2) is 9.97 Å². The first-order chi connectivity index (χ1) is 13.7. The number of benzene rings is 2. The Morgan fingerprint density at radius 1 is 1.04 bits per heavy atom. The third kappa shape index (κ3) is 4.18. The molecule has 4 aromatic rings. The Morgan fingerprint density at radius 3 is 2.36 bits per heavy atom. The molecule has 1 unspecified atom stereocenters. The molecule has 0 bridgehead atoms. The van der Waals surface area contributed by atoms with Gasteiger partial charge in [0.2, 0.25) is 0 Å². The van der Waals surface area contributed by atoms with Crippen molar-refractivity contribution in [1.29, 1.82) is 0 Å². The molecule has 142 valence electrons. The van der Waals surface area contributed by atoms with E-state index in [0.29, 0.717) is 0 Å². The molecule has 2 heterocycles. The molecule has 0 amide bonds. The van der Waals surface area contributed by atoms with E-state index in [0.717, 1.165) is 45.7 Å². The number of aromatic nitrogens is 4. The molecule has 4 rings (SSSR count). The summed E-state index contributed by atoms with van der Waals surface area (Å²) in [6.45, 7) is 0. The average molecular weight is 407 g/mol. The standard InChI is InChI=1S/C22H22N4S2/c1-26-14-13-23-22(26)28-15-12-18(27)21-24-19(16-8-4-2-5-9-16)20(25-21)17-10-6-3-7-11-17/h2-11,13-14,18,27H,12,15H2,1H3,(H,24,25). The number of imidazole rings is 2. The van der Waals surface area contributed by atoms with Gasteiger partial charge in [-0.3, -0.25) is 0 Å². The molecule has 0 saturated heterocycles. The van der Waals surface area contributed by atoms with Gasteiger partial charge in [0, 0.05) is 36.3 Å². The van der Waals surface area contributed by atoms with E-state index in [1.165, 1.54) is 0 Å². The van der Waals surface area contributed by atoms with Gasteiger partial charge in [0.25, 0.3) is 0 Å². The predicted octanol–water partition coefficient (Wildman–Crippen LogP) is 5.63. The summed E-state index contributed by atoms with van der Waals surface area (Å²) in [7, 11) is 2.01. The second kappa shape index (κ2) is 8.71. The zero-order valence-electron chi connectivity index (χ0n) is 15.6. The van der Waals surface area contributed by atoms with Crippen LogP contribution in [0.15, 0.2) is 78.2 Å². The molecule has 2 aromatic carbocycles.